The standard InChI is InChI=1S/C15H22F2N4.C2H6/c1-11(2)12-7-19-13(20-8-12)21-5-3-14(4-6-21)9-18-10-15(14,16)17;1-2/h7-8,11,18H,3-6,9-10H2,1-2H3;1-2H3. The lowest BCUT2D eigenvalue weighted by Crippen LogP contribution is -2.49. The maximum atomic E-state index is 14.0. The monoisotopic (exact) mass is 326 g/mol. The van der Waals surface area contributed by atoms with Crippen LogP contribution in [0.5, 0.6) is 0 Å². The molecule has 2 aliphatic heterocycles. The highest BCUT2D eigenvalue weighted by Gasteiger charge is 2.57. The number of hydrogen-bond donors (Lipinski definition) is 1. The maximum absolute atomic E-state index is 14.0. The van der Waals surface area contributed by atoms with Gasteiger partial charge in [0.15, 0.2) is 0 Å². The molecule has 4 nitrogen and oxygen atoms in total. The molecule has 3 rings (SSSR count). The summed E-state index contributed by atoms with van der Waals surface area (Å²) in [6, 6.07) is 0. The number of halogens is 2. The van der Waals surface area contributed by atoms with Crippen molar-refractivity contribution in [3.8, 4) is 0 Å². The second kappa shape index (κ2) is 7.07. The zero-order chi connectivity index (χ0) is 17.1. The largest absolute Gasteiger partial charge is 0.341 e. The van der Waals surface area contributed by atoms with E-state index in [0.717, 1.165) is 5.56 Å². The summed E-state index contributed by atoms with van der Waals surface area (Å²) >= 11 is 0. The minimum atomic E-state index is -2.60. The van der Waals surface area contributed by atoms with Crippen LogP contribution >= 0.6 is 0 Å². The first-order chi connectivity index (χ1) is 10.9. The first-order valence-electron chi connectivity index (χ1n) is 8.59. The number of hydrogen-bond acceptors (Lipinski definition) is 4. The fourth-order valence-corrected chi connectivity index (χ4v) is 3.25. The van der Waals surface area contributed by atoms with Gasteiger partial charge in [0.05, 0.1) is 12.0 Å². The second-order valence-electron chi connectivity index (χ2n) is 6.55. The van der Waals surface area contributed by atoms with E-state index in [1.807, 2.05) is 31.1 Å². The molecule has 0 atom stereocenters. The summed E-state index contributed by atoms with van der Waals surface area (Å²) in [6.45, 7) is 9.61. The van der Waals surface area contributed by atoms with E-state index in [2.05, 4.69) is 29.1 Å². The molecule has 130 valence electrons. The molecule has 0 aromatic carbocycles. The van der Waals surface area contributed by atoms with Gasteiger partial charge in [-0.15, -0.1) is 0 Å². The van der Waals surface area contributed by atoms with Gasteiger partial charge in [-0.25, -0.2) is 18.7 Å². The Bertz CT molecular complexity index is 494. The number of nitrogens with one attached hydrogen (secondary N) is 1. The number of alkyl halides is 2. The number of piperidine rings is 1. The topological polar surface area (TPSA) is 41.1 Å². The van der Waals surface area contributed by atoms with Gasteiger partial charge in [-0.05, 0) is 24.3 Å². The molecule has 6 heteroatoms. The summed E-state index contributed by atoms with van der Waals surface area (Å²) in [5, 5.41) is 2.85. The Morgan fingerprint density at radius 3 is 2.09 bits per heavy atom. The van der Waals surface area contributed by atoms with Gasteiger partial charge < -0.3 is 10.2 Å². The Morgan fingerprint density at radius 1 is 1.09 bits per heavy atom. The molecule has 1 aromatic rings. The molecule has 3 heterocycles. The lowest BCUT2D eigenvalue weighted by molar-refractivity contribution is -0.0940. The predicted molar refractivity (Wildman–Crippen MR) is 89.2 cm³/mol. The highest BCUT2D eigenvalue weighted by Crippen LogP contribution is 2.47. The van der Waals surface area contributed by atoms with Gasteiger partial charge in [-0.2, -0.15) is 0 Å². The number of aromatic nitrogens is 2. The molecule has 0 radical (unpaired) electrons. The Balaban J connectivity index is 0.000000924. The first kappa shape index (κ1) is 18.0. The number of rotatable bonds is 2. The van der Waals surface area contributed by atoms with Gasteiger partial charge >= 0.3 is 0 Å². The van der Waals surface area contributed by atoms with Crippen molar-refractivity contribution in [1.29, 1.82) is 0 Å². The van der Waals surface area contributed by atoms with Crippen LogP contribution in [0.2, 0.25) is 0 Å². The molecule has 0 amide bonds. The quantitative estimate of drug-likeness (QED) is 0.904. The predicted octanol–water partition coefficient (Wildman–Crippen LogP) is 3.45. The van der Waals surface area contributed by atoms with Crippen molar-refractivity contribution in [3.63, 3.8) is 0 Å². The minimum absolute atomic E-state index is 0.188. The molecular formula is C17H28F2N4. The van der Waals surface area contributed by atoms with Crippen LogP contribution < -0.4 is 10.2 Å². The fraction of sp³-hybridized carbons (Fsp3) is 0.765. The molecule has 0 unspecified atom stereocenters. The third kappa shape index (κ3) is 3.47. The zero-order valence-corrected chi connectivity index (χ0v) is 14.6. The van der Waals surface area contributed by atoms with Crippen LogP contribution in [-0.2, 0) is 0 Å². The molecule has 0 saturated carbocycles. The summed E-state index contributed by atoms with van der Waals surface area (Å²) in [6.07, 6.45) is 4.65. The molecule has 2 saturated heterocycles. The normalized spacial score (nSPS) is 22.1. The van der Waals surface area contributed by atoms with Crippen LogP contribution in [0.15, 0.2) is 12.4 Å². The van der Waals surface area contributed by atoms with Crippen LogP contribution in [0.4, 0.5) is 14.7 Å². The van der Waals surface area contributed by atoms with E-state index in [1.165, 1.54) is 0 Å². The van der Waals surface area contributed by atoms with Crippen molar-refractivity contribution in [2.75, 3.05) is 31.1 Å². The first-order valence-corrected chi connectivity index (χ1v) is 8.59. The Kier molecular flexibility index (Phi) is 5.55. The highest BCUT2D eigenvalue weighted by molar-refractivity contribution is 5.32. The lowest BCUT2D eigenvalue weighted by atomic mass is 9.75. The van der Waals surface area contributed by atoms with Crippen molar-refractivity contribution in [2.24, 2.45) is 5.41 Å². The van der Waals surface area contributed by atoms with E-state index in [4.69, 9.17) is 0 Å². The van der Waals surface area contributed by atoms with E-state index in [-0.39, 0.29) is 6.54 Å². The van der Waals surface area contributed by atoms with Crippen LogP contribution in [-0.4, -0.2) is 42.1 Å². The summed E-state index contributed by atoms with van der Waals surface area (Å²) in [5.41, 5.74) is 0.222. The van der Waals surface area contributed by atoms with Gasteiger partial charge in [0, 0.05) is 32.0 Å². The van der Waals surface area contributed by atoms with E-state index >= 15 is 0 Å². The van der Waals surface area contributed by atoms with Gasteiger partial charge in [-0.1, -0.05) is 27.7 Å². The van der Waals surface area contributed by atoms with Crippen molar-refractivity contribution in [3.05, 3.63) is 18.0 Å². The fourth-order valence-electron chi connectivity index (χ4n) is 3.25. The zero-order valence-electron chi connectivity index (χ0n) is 14.6. The average Bonchev–Trinajstić information content (AvgIpc) is 2.84. The van der Waals surface area contributed by atoms with Gasteiger partial charge in [0.2, 0.25) is 5.95 Å². The van der Waals surface area contributed by atoms with Crippen LogP contribution in [0.25, 0.3) is 0 Å². The van der Waals surface area contributed by atoms with Gasteiger partial charge in [0.1, 0.15) is 0 Å². The van der Waals surface area contributed by atoms with E-state index < -0.39 is 11.3 Å². The molecule has 2 aliphatic rings. The molecule has 1 N–H and O–H groups in total. The third-order valence-corrected chi connectivity index (χ3v) is 4.91. The minimum Gasteiger partial charge on any atom is -0.341 e. The smallest absolute Gasteiger partial charge is 0.267 e. The summed E-state index contributed by atoms with van der Waals surface area (Å²) in [7, 11) is 0. The lowest BCUT2D eigenvalue weighted by Gasteiger charge is -2.41. The third-order valence-electron chi connectivity index (χ3n) is 4.91. The Labute approximate surface area is 137 Å². The van der Waals surface area contributed by atoms with E-state index in [1.54, 1.807) is 0 Å². The van der Waals surface area contributed by atoms with Crippen molar-refractivity contribution >= 4 is 5.95 Å². The van der Waals surface area contributed by atoms with Crippen molar-refractivity contribution in [1.82, 2.24) is 15.3 Å². The SMILES string of the molecule is CC.CC(C)c1cnc(N2CCC3(CC2)CNCC3(F)F)nc1. The molecule has 0 bridgehead atoms. The molecule has 23 heavy (non-hydrogen) atoms. The van der Waals surface area contributed by atoms with Crippen LogP contribution in [0, 0.1) is 5.41 Å². The van der Waals surface area contributed by atoms with E-state index in [9.17, 15) is 8.78 Å². The van der Waals surface area contributed by atoms with Crippen molar-refractivity contribution in [2.45, 2.75) is 52.4 Å². The Morgan fingerprint density at radius 2 is 1.65 bits per heavy atom. The molecular weight excluding hydrogens is 298 g/mol. The summed E-state index contributed by atoms with van der Waals surface area (Å²) < 4.78 is 28.1. The van der Waals surface area contributed by atoms with Crippen molar-refractivity contribution < 1.29 is 8.78 Å². The van der Waals surface area contributed by atoms with E-state index in [0.29, 0.717) is 44.3 Å². The molecule has 0 aliphatic carbocycles. The summed E-state index contributed by atoms with van der Waals surface area (Å²) in [5.74, 6) is -1.54. The van der Waals surface area contributed by atoms with Gasteiger partial charge in [0.25, 0.3) is 5.92 Å². The van der Waals surface area contributed by atoms with Gasteiger partial charge in [-0.3, -0.25) is 0 Å². The molecule has 1 spiro atoms. The number of anilines is 1. The maximum Gasteiger partial charge on any atom is 0.267 e. The summed E-state index contributed by atoms with van der Waals surface area (Å²) in [4.78, 5) is 10.8. The highest BCUT2D eigenvalue weighted by atomic mass is 19.3. The second-order valence-corrected chi connectivity index (χ2v) is 6.55. The number of nitrogens with zero attached hydrogens (tertiary/aromatic N) is 3. The average molecular weight is 326 g/mol. The molecule has 2 fully saturated rings. The van der Waals surface area contributed by atoms with Crippen LogP contribution in [0.1, 0.15) is 52.0 Å². The molecule has 1 aromatic heterocycles. The Hall–Kier alpha value is -1.30. The van der Waals surface area contributed by atoms with Crippen LogP contribution in [0.3, 0.4) is 0 Å².